The summed E-state index contributed by atoms with van der Waals surface area (Å²) in [5.74, 6) is 0. The molecule has 0 N–H and O–H groups in total. The molecule has 0 saturated heterocycles. The summed E-state index contributed by atoms with van der Waals surface area (Å²) in [6, 6.07) is 0. The molecule has 18 heavy (non-hydrogen) atoms. The van der Waals surface area contributed by atoms with E-state index in [-0.39, 0.29) is 4.84 Å². The van der Waals surface area contributed by atoms with E-state index in [1.807, 2.05) is 0 Å². The molecule has 0 rings (SSSR count). The molecule has 112 valence electrons. The lowest BCUT2D eigenvalue weighted by atomic mass is 10.1. The first kappa shape index (κ1) is 21.8. The third-order valence-electron chi connectivity index (χ3n) is 2.55. The zero-order valence-electron chi connectivity index (χ0n) is 11.7. The third-order valence-corrected chi connectivity index (χ3v) is 4.36. The number of halogens is 4. The molecule has 0 saturated carbocycles. The Morgan fingerprint density at radius 1 is 0.833 bits per heavy atom. The van der Waals surface area contributed by atoms with Gasteiger partial charge in [0.1, 0.15) is 4.84 Å². The predicted molar refractivity (Wildman–Crippen MR) is 94.9 cm³/mol. The van der Waals surface area contributed by atoms with E-state index in [9.17, 15) is 0 Å². The fraction of sp³-hybridized carbons (Fsp3) is 1.00. The highest BCUT2D eigenvalue weighted by atomic mass is 79.9. The second kappa shape index (κ2) is 18.5. The van der Waals surface area contributed by atoms with Gasteiger partial charge in [-0.25, -0.2) is 0 Å². The van der Waals surface area contributed by atoms with Crippen LogP contribution in [0.1, 0.15) is 71.6 Å². The Morgan fingerprint density at radius 2 is 1.44 bits per heavy atom. The van der Waals surface area contributed by atoms with Crippen LogP contribution in [0.25, 0.3) is 0 Å². The van der Waals surface area contributed by atoms with Gasteiger partial charge in [-0.2, -0.15) is 0 Å². The number of rotatable bonds is 10. The Balaban J connectivity index is 0. The maximum atomic E-state index is 5.56. The Labute approximate surface area is 141 Å². The molecule has 0 aromatic rings. The van der Waals surface area contributed by atoms with Crippen molar-refractivity contribution in [2.24, 2.45) is 0 Å². The molecule has 4 heteroatoms. The van der Waals surface area contributed by atoms with E-state index in [0.29, 0.717) is 0 Å². The van der Waals surface area contributed by atoms with E-state index in [2.05, 4.69) is 45.7 Å². The Kier molecular flexibility index (Phi) is 22.5. The molecular weight excluding hydrogens is 399 g/mol. The SMILES string of the molecule is CCCC(Br)CCBr.CCCCCCCC(Cl)Cl. The van der Waals surface area contributed by atoms with Gasteiger partial charge in [0, 0.05) is 10.2 Å². The van der Waals surface area contributed by atoms with Gasteiger partial charge in [0.2, 0.25) is 0 Å². The first-order chi connectivity index (χ1) is 8.58. The predicted octanol–water partition coefficient (Wildman–Crippen LogP) is 7.49. The van der Waals surface area contributed by atoms with E-state index in [0.717, 1.165) is 16.6 Å². The molecule has 0 heterocycles. The normalized spacial score (nSPS) is 12.2. The van der Waals surface area contributed by atoms with Crippen molar-refractivity contribution in [3.8, 4) is 0 Å². The molecule has 0 aliphatic heterocycles. The molecule has 1 unspecified atom stereocenters. The molecule has 0 bridgehead atoms. The topological polar surface area (TPSA) is 0 Å². The van der Waals surface area contributed by atoms with Gasteiger partial charge >= 0.3 is 0 Å². The Bertz CT molecular complexity index is 138. The fourth-order valence-electron chi connectivity index (χ4n) is 1.48. The molecule has 0 aromatic carbocycles. The number of unbranched alkanes of at least 4 members (excludes halogenated alkanes) is 4. The summed E-state index contributed by atoms with van der Waals surface area (Å²) in [6.07, 6.45) is 11.2. The lowest BCUT2D eigenvalue weighted by Crippen LogP contribution is -1.96. The van der Waals surface area contributed by atoms with Crippen LogP contribution in [-0.2, 0) is 0 Å². The largest absolute Gasteiger partial charge is 0.107 e. The summed E-state index contributed by atoms with van der Waals surface area (Å²) in [7, 11) is 0. The maximum absolute atomic E-state index is 5.56. The first-order valence-electron chi connectivity index (χ1n) is 7.06. The molecule has 0 aromatic heterocycles. The van der Waals surface area contributed by atoms with E-state index in [1.165, 1.54) is 51.4 Å². The second-order valence-electron chi connectivity index (χ2n) is 4.46. The molecule has 0 spiro atoms. The molecule has 0 aliphatic carbocycles. The van der Waals surface area contributed by atoms with Crippen molar-refractivity contribution in [1.82, 2.24) is 0 Å². The van der Waals surface area contributed by atoms with Crippen molar-refractivity contribution >= 4 is 55.1 Å². The van der Waals surface area contributed by atoms with Crippen LogP contribution in [-0.4, -0.2) is 15.0 Å². The average molecular weight is 427 g/mol. The van der Waals surface area contributed by atoms with Gasteiger partial charge in [-0.1, -0.05) is 84.2 Å². The molecule has 0 fully saturated rings. The summed E-state index contributed by atoms with van der Waals surface area (Å²) in [5.41, 5.74) is 0. The standard InChI is InChI=1S/C8H16Cl2.C6H12Br2/c1-2-3-4-5-6-7-8(9)10;1-2-3-6(8)4-5-7/h8H,2-7H2,1H3;6H,2-5H2,1H3. The lowest BCUT2D eigenvalue weighted by molar-refractivity contribution is 0.620. The molecule has 0 aliphatic rings. The maximum Gasteiger partial charge on any atom is 0.107 e. The van der Waals surface area contributed by atoms with Crippen molar-refractivity contribution < 1.29 is 0 Å². The van der Waals surface area contributed by atoms with E-state index in [4.69, 9.17) is 23.2 Å². The van der Waals surface area contributed by atoms with Crippen LogP contribution in [0.15, 0.2) is 0 Å². The summed E-state index contributed by atoms with van der Waals surface area (Å²) in [6.45, 7) is 4.42. The summed E-state index contributed by atoms with van der Waals surface area (Å²) in [4.78, 5) is 0.577. The summed E-state index contributed by atoms with van der Waals surface area (Å²) < 4.78 is 0. The Morgan fingerprint density at radius 3 is 1.89 bits per heavy atom. The highest BCUT2D eigenvalue weighted by molar-refractivity contribution is 9.10. The molecular formula is C14H28Br2Cl2. The number of alkyl halides is 4. The summed E-state index contributed by atoms with van der Waals surface area (Å²) in [5, 5.41) is 1.11. The van der Waals surface area contributed by atoms with Gasteiger partial charge in [0.15, 0.2) is 0 Å². The molecule has 0 radical (unpaired) electrons. The first-order valence-corrected chi connectivity index (χ1v) is 9.97. The molecule has 0 nitrogen and oxygen atoms in total. The van der Waals surface area contributed by atoms with Crippen molar-refractivity contribution in [2.75, 3.05) is 5.33 Å². The third kappa shape index (κ3) is 22.7. The smallest absolute Gasteiger partial charge is 0.105 e. The average Bonchev–Trinajstić information content (AvgIpc) is 2.30. The van der Waals surface area contributed by atoms with Crippen LogP contribution in [0.4, 0.5) is 0 Å². The number of hydrogen-bond donors (Lipinski definition) is 0. The van der Waals surface area contributed by atoms with Crippen LogP contribution in [0.3, 0.4) is 0 Å². The van der Waals surface area contributed by atoms with Gasteiger partial charge in [-0.3, -0.25) is 0 Å². The van der Waals surface area contributed by atoms with Crippen molar-refractivity contribution in [2.45, 2.75) is 81.3 Å². The van der Waals surface area contributed by atoms with Gasteiger partial charge < -0.3 is 0 Å². The fourth-order valence-corrected chi connectivity index (χ4v) is 3.64. The minimum absolute atomic E-state index is 0.151. The van der Waals surface area contributed by atoms with Gasteiger partial charge in [-0.15, -0.1) is 23.2 Å². The van der Waals surface area contributed by atoms with E-state index in [1.54, 1.807) is 0 Å². The van der Waals surface area contributed by atoms with Gasteiger partial charge in [0.05, 0.1) is 0 Å². The minimum Gasteiger partial charge on any atom is -0.105 e. The van der Waals surface area contributed by atoms with E-state index >= 15 is 0 Å². The minimum atomic E-state index is -0.151. The summed E-state index contributed by atoms with van der Waals surface area (Å²) >= 11 is 18.1. The van der Waals surface area contributed by atoms with Crippen LogP contribution in [0.5, 0.6) is 0 Å². The lowest BCUT2D eigenvalue weighted by Gasteiger charge is -2.02. The van der Waals surface area contributed by atoms with Crippen molar-refractivity contribution in [3.63, 3.8) is 0 Å². The van der Waals surface area contributed by atoms with Crippen LogP contribution < -0.4 is 0 Å². The Hall–Kier alpha value is 1.54. The van der Waals surface area contributed by atoms with Crippen molar-refractivity contribution in [1.29, 1.82) is 0 Å². The van der Waals surface area contributed by atoms with Crippen LogP contribution in [0.2, 0.25) is 0 Å². The zero-order chi connectivity index (χ0) is 14.2. The van der Waals surface area contributed by atoms with Gasteiger partial charge in [0.25, 0.3) is 0 Å². The van der Waals surface area contributed by atoms with E-state index < -0.39 is 0 Å². The number of hydrogen-bond acceptors (Lipinski definition) is 0. The second-order valence-corrected chi connectivity index (χ2v) is 7.82. The van der Waals surface area contributed by atoms with Gasteiger partial charge in [-0.05, 0) is 19.3 Å². The van der Waals surface area contributed by atoms with Crippen LogP contribution >= 0.6 is 55.1 Å². The quantitative estimate of drug-likeness (QED) is 0.251. The zero-order valence-corrected chi connectivity index (χ0v) is 16.4. The molecule has 1 atom stereocenters. The molecule has 0 amide bonds. The van der Waals surface area contributed by atoms with Crippen molar-refractivity contribution in [3.05, 3.63) is 0 Å². The highest BCUT2D eigenvalue weighted by Crippen LogP contribution is 2.13. The van der Waals surface area contributed by atoms with Crippen LogP contribution in [0, 0.1) is 0 Å². The highest BCUT2D eigenvalue weighted by Gasteiger charge is 1.98. The monoisotopic (exact) mass is 424 g/mol.